The molecule has 0 radical (unpaired) electrons. The van der Waals surface area contributed by atoms with E-state index < -0.39 is 0 Å². The van der Waals surface area contributed by atoms with E-state index in [-0.39, 0.29) is 12.0 Å². The molecule has 1 aliphatic heterocycles. The fraction of sp³-hybridized carbons (Fsp3) is 0.235. The number of nitrogens with one attached hydrogen (secondary N) is 1. The van der Waals surface area contributed by atoms with Crippen molar-refractivity contribution in [1.82, 2.24) is 5.32 Å². The lowest BCUT2D eigenvalue weighted by molar-refractivity contribution is -0.119. The van der Waals surface area contributed by atoms with Gasteiger partial charge in [-0.15, -0.1) is 11.8 Å². The van der Waals surface area contributed by atoms with Crippen LogP contribution in [0.1, 0.15) is 0 Å². The highest BCUT2D eigenvalue weighted by Crippen LogP contribution is 2.30. The first-order valence-electron chi connectivity index (χ1n) is 7.24. The molecule has 0 aromatic heterocycles. The maximum Gasteiger partial charge on any atom is 0.230 e. The summed E-state index contributed by atoms with van der Waals surface area (Å²) in [5.41, 5.74) is 0. The zero-order valence-corrected chi connectivity index (χ0v) is 13.9. The van der Waals surface area contributed by atoms with Crippen LogP contribution in [0.3, 0.4) is 0 Å². The minimum absolute atomic E-state index is 0.0348. The second-order valence-electron chi connectivity index (χ2n) is 5.04. The molecule has 1 heterocycles. The number of benzene rings is 2. The van der Waals surface area contributed by atoms with Gasteiger partial charge in [0.25, 0.3) is 0 Å². The molecule has 120 valence electrons. The maximum absolute atomic E-state index is 11.9. The van der Waals surface area contributed by atoms with Crippen molar-refractivity contribution >= 4 is 29.3 Å². The van der Waals surface area contributed by atoms with Gasteiger partial charge in [-0.2, -0.15) is 0 Å². The first-order chi connectivity index (χ1) is 11.2. The number of hydrogen-bond donors (Lipinski definition) is 1. The summed E-state index contributed by atoms with van der Waals surface area (Å²) in [7, 11) is 0. The zero-order valence-electron chi connectivity index (χ0n) is 12.3. The summed E-state index contributed by atoms with van der Waals surface area (Å²) in [6, 6.07) is 14.9. The van der Waals surface area contributed by atoms with E-state index in [4.69, 9.17) is 21.1 Å². The number of hydrogen-bond acceptors (Lipinski definition) is 4. The summed E-state index contributed by atoms with van der Waals surface area (Å²) < 4.78 is 11.4. The number of amides is 1. The van der Waals surface area contributed by atoms with Crippen LogP contribution in [0.5, 0.6) is 11.5 Å². The Morgan fingerprint density at radius 3 is 2.70 bits per heavy atom. The van der Waals surface area contributed by atoms with Crippen LogP contribution >= 0.6 is 23.4 Å². The molecule has 4 nitrogen and oxygen atoms in total. The number of carbonyl (C=O) groups is 1. The topological polar surface area (TPSA) is 47.6 Å². The molecule has 0 saturated carbocycles. The Balaban J connectivity index is 1.42. The Morgan fingerprint density at radius 1 is 1.17 bits per heavy atom. The Morgan fingerprint density at radius 2 is 1.91 bits per heavy atom. The molecular weight excluding hydrogens is 334 g/mol. The van der Waals surface area contributed by atoms with Gasteiger partial charge in [0.05, 0.1) is 12.3 Å². The number of carbonyl (C=O) groups excluding carboxylic acids is 1. The van der Waals surface area contributed by atoms with Gasteiger partial charge in [0.2, 0.25) is 5.91 Å². The van der Waals surface area contributed by atoms with E-state index in [0.717, 1.165) is 10.6 Å². The van der Waals surface area contributed by atoms with Crippen molar-refractivity contribution in [3.63, 3.8) is 0 Å². The molecule has 0 spiro atoms. The third kappa shape index (κ3) is 4.56. The predicted octanol–water partition coefficient (Wildman–Crippen LogP) is 3.39. The number of ether oxygens (including phenoxy) is 2. The van der Waals surface area contributed by atoms with Crippen LogP contribution in [0.15, 0.2) is 53.4 Å². The van der Waals surface area contributed by atoms with E-state index in [9.17, 15) is 4.79 Å². The third-order valence-electron chi connectivity index (χ3n) is 3.28. The number of para-hydroxylation sites is 2. The Bertz CT molecular complexity index is 678. The second-order valence-corrected chi connectivity index (χ2v) is 6.53. The minimum Gasteiger partial charge on any atom is -0.486 e. The molecule has 23 heavy (non-hydrogen) atoms. The molecule has 1 aliphatic rings. The molecule has 1 atom stereocenters. The first-order valence-corrected chi connectivity index (χ1v) is 8.60. The quantitative estimate of drug-likeness (QED) is 0.840. The van der Waals surface area contributed by atoms with Crippen LogP contribution in [0.25, 0.3) is 0 Å². The third-order valence-corrected chi connectivity index (χ3v) is 4.54. The highest BCUT2D eigenvalue weighted by Gasteiger charge is 2.20. The van der Waals surface area contributed by atoms with E-state index in [2.05, 4.69) is 5.32 Å². The summed E-state index contributed by atoms with van der Waals surface area (Å²) in [5, 5.41) is 3.56. The normalized spacial score (nSPS) is 16.0. The average molecular weight is 350 g/mol. The highest BCUT2D eigenvalue weighted by molar-refractivity contribution is 8.00. The molecule has 1 N–H and O–H groups in total. The molecule has 2 aromatic carbocycles. The maximum atomic E-state index is 11.9. The van der Waals surface area contributed by atoms with Crippen molar-refractivity contribution in [2.75, 3.05) is 18.9 Å². The second kappa shape index (κ2) is 7.62. The summed E-state index contributed by atoms with van der Waals surface area (Å²) in [4.78, 5) is 12.9. The predicted molar refractivity (Wildman–Crippen MR) is 91.5 cm³/mol. The number of thioether (sulfide) groups is 1. The molecule has 1 unspecified atom stereocenters. The van der Waals surface area contributed by atoms with Gasteiger partial charge in [0.1, 0.15) is 12.7 Å². The van der Waals surface area contributed by atoms with E-state index >= 15 is 0 Å². The van der Waals surface area contributed by atoms with Gasteiger partial charge in [-0.3, -0.25) is 4.79 Å². The van der Waals surface area contributed by atoms with Gasteiger partial charge in [0.15, 0.2) is 11.5 Å². The van der Waals surface area contributed by atoms with Gasteiger partial charge in [-0.25, -0.2) is 0 Å². The molecule has 0 bridgehead atoms. The lowest BCUT2D eigenvalue weighted by Gasteiger charge is -2.26. The van der Waals surface area contributed by atoms with Crippen LogP contribution in [-0.2, 0) is 4.79 Å². The molecule has 1 amide bonds. The SMILES string of the molecule is O=C(CSc1ccc(Cl)cc1)NCC1COc2ccccc2O1. The van der Waals surface area contributed by atoms with Crippen molar-refractivity contribution in [3.05, 3.63) is 53.6 Å². The summed E-state index contributed by atoms with van der Waals surface area (Å²) >= 11 is 7.30. The highest BCUT2D eigenvalue weighted by atomic mass is 35.5. The Kier molecular flexibility index (Phi) is 5.31. The molecule has 2 aromatic rings. The van der Waals surface area contributed by atoms with Crippen molar-refractivity contribution in [1.29, 1.82) is 0 Å². The average Bonchev–Trinajstić information content (AvgIpc) is 2.59. The van der Waals surface area contributed by atoms with Crippen LogP contribution in [-0.4, -0.2) is 30.9 Å². The lowest BCUT2D eigenvalue weighted by atomic mass is 10.2. The van der Waals surface area contributed by atoms with Crippen LogP contribution < -0.4 is 14.8 Å². The van der Waals surface area contributed by atoms with Crippen molar-refractivity contribution in [2.45, 2.75) is 11.0 Å². The largest absolute Gasteiger partial charge is 0.486 e. The Hall–Kier alpha value is -1.85. The van der Waals surface area contributed by atoms with E-state index in [1.807, 2.05) is 48.5 Å². The van der Waals surface area contributed by atoms with Crippen molar-refractivity contribution in [3.8, 4) is 11.5 Å². The smallest absolute Gasteiger partial charge is 0.230 e. The molecule has 0 saturated heterocycles. The van der Waals surface area contributed by atoms with Crippen LogP contribution in [0.4, 0.5) is 0 Å². The van der Waals surface area contributed by atoms with E-state index in [1.54, 1.807) is 0 Å². The monoisotopic (exact) mass is 349 g/mol. The fourth-order valence-corrected chi connectivity index (χ4v) is 2.98. The zero-order chi connectivity index (χ0) is 16.1. The fourth-order valence-electron chi connectivity index (χ4n) is 2.12. The standard InChI is InChI=1S/C17H16ClNO3S/c18-12-5-7-14(8-6-12)23-11-17(20)19-9-13-10-21-15-3-1-2-4-16(15)22-13/h1-8,13H,9-11H2,(H,19,20). The summed E-state index contributed by atoms with van der Waals surface area (Å²) in [6.45, 7) is 0.857. The summed E-state index contributed by atoms with van der Waals surface area (Å²) in [5.74, 6) is 1.78. The molecule has 3 rings (SSSR count). The Labute approximate surface area is 144 Å². The van der Waals surface area contributed by atoms with Crippen LogP contribution in [0.2, 0.25) is 5.02 Å². The van der Waals surface area contributed by atoms with Crippen molar-refractivity contribution in [2.24, 2.45) is 0 Å². The summed E-state index contributed by atoms with van der Waals surface area (Å²) in [6.07, 6.45) is -0.172. The first kappa shape index (κ1) is 16.0. The molecule has 0 aliphatic carbocycles. The van der Waals surface area contributed by atoms with E-state index in [1.165, 1.54) is 11.8 Å². The minimum atomic E-state index is -0.172. The van der Waals surface area contributed by atoms with Crippen molar-refractivity contribution < 1.29 is 14.3 Å². The van der Waals surface area contributed by atoms with Gasteiger partial charge >= 0.3 is 0 Å². The van der Waals surface area contributed by atoms with E-state index in [0.29, 0.717) is 29.7 Å². The molecular formula is C17H16ClNO3S. The van der Waals surface area contributed by atoms with Crippen LogP contribution in [0, 0.1) is 0 Å². The molecule has 0 fully saturated rings. The molecule has 6 heteroatoms. The number of fused-ring (bicyclic) bond motifs is 1. The van der Waals surface area contributed by atoms with Gasteiger partial charge in [-0.05, 0) is 36.4 Å². The van der Waals surface area contributed by atoms with Gasteiger partial charge in [-0.1, -0.05) is 23.7 Å². The number of halogens is 1. The van der Waals surface area contributed by atoms with Gasteiger partial charge < -0.3 is 14.8 Å². The number of rotatable bonds is 5. The van der Waals surface area contributed by atoms with Gasteiger partial charge in [0, 0.05) is 9.92 Å². The lowest BCUT2D eigenvalue weighted by Crippen LogP contribution is -2.41.